The van der Waals surface area contributed by atoms with Gasteiger partial charge >= 0.3 is 5.97 Å². The van der Waals surface area contributed by atoms with Gasteiger partial charge in [0.05, 0.1) is 20.8 Å². The summed E-state index contributed by atoms with van der Waals surface area (Å²) in [5, 5.41) is 5.15. The highest BCUT2D eigenvalue weighted by atomic mass is 32.1. The number of methoxy groups -OCH3 is 2. The van der Waals surface area contributed by atoms with E-state index in [2.05, 4.69) is 5.32 Å². The summed E-state index contributed by atoms with van der Waals surface area (Å²) in [5.74, 6) is 0.494. The molecule has 1 aromatic carbocycles. The average Bonchev–Trinajstić information content (AvgIpc) is 3.04. The summed E-state index contributed by atoms with van der Waals surface area (Å²) in [5.41, 5.74) is 1.19. The Morgan fingerprint density at radius 1 is 1.11 bits per heavy atom. The fourth-order valence-electron chi connectivity index (χ4n) is 2.36. The van der Waals surface area contributed by atoms with Crippen molar-refractivity contribution in [2.45, 2.75) is 27.7 Å². The maximum Gasteiger partial charge on any atom is 0.341 e. The van der Waals surface area contributed by atoms with Crippen molar-refractivity contribution in [3.05, 3.63) is 29.1 Å². The number of nitrogens with one attached hydrogen (secondary N) is 1. The molecule has 2 aromatic rings. The largest absolute Gasteiger partial charge is 0.493 e. The van der Waals surface area contributed by atoms with E-state index in [1.807, 2.05) is 32.2 Å². The van der Waals surface area contributed by atoms with E-state index < -0.39 is 11.4 Å². The maximum absolute atomic E-state index is 12.6. The summed E-state index contributed by atoms with van der Waals surface area (Å²) in [7, 11) is 3.11. The molecule has 0 atom stereocenters. The molecule has 0 aliphatic rings. The van der Waals surface area contributed by atoms with Crippen LogP contribution in [0.2, 0.25) is 0 Å². The van der Waals surface area contributed by atoms with E-state index in [1.165, 1.54) is 11.3 Å². The standard InChI is InChI=1S/C20H25NO5S/c1-7-26-18(22)16-13(11-27-17(16)21-19(23)20(2,3)4)12-8-9-14(24-5)15(10-12)25-6/h8-11H,7H2,1-6H3,(H,21,23). The fourth-order valence-corrected chi connectivity index (χ4v) is 3.32. The molecule has 0 unspecified atom stereocenters. The molecule has 6 nitrogen and oxygen atoms in total. The van der Waals surface area contributed by atoms with Crippen LogP contribution in [0.25, 0.3) is 11.1 Å². The number of thiophene rings is 1. The molecular weight excluding hydrogens is 366 g/mol. The number of benzene rings is 1. The first kappa shape index (κ1) is 20.8. The molecule has 1 N–H and O–H groups in total. The molecule has 0 radical (unpaired) electrons. The Kier molecular flexibility index (Phi) is 6.49. The molecular formula is C20H25NO5S. The molecule has 1 amide bonds. The molecule has 0 saturated heterocycles. The Balaban J connectivity index is 2.54. The SMILES string of the molecule is CCOC(=O)c1c(-c2ccc(OC)c(OC)c2)csc1NC(=O)C(C)(C)C. The Hall–Kier alpha value is -2.54. The first-order valence-corrected chi connectivity index (χ1v) is 9.43. The number of carbonyl (C=O) groups is 2. The van der Waals surface area contributed by atoms with Crippen LogP contribution < -0.4 is 14.8 Å². The number of carbonyl (C=O) groups excluding carboxylic acids is 2. The van der Waals surface area contributed by atoms with Gasteiger partial charge in [0, 0.05) is 16.4 Å². The molecule has 2 rings (SSSR count). The lowest BCUT2D eigenvalue weighted by Gasteiger charge is -2.17. The topological polar surface area (TPSA) is 73.9 Å². The molecule has 7 heteroatoms. The average molecular weight is 391 g/mol. The van der Waals surface area contributed by atoms with Crippen LogP contribution >= 0.6 is 11.3 Å². The molecule has 1 heterocycles. The number of hydrogen-bond donors (Lipinski definition) is 1. The highest BCUT2D eigenvalue weighted by Gasteiger charge is 2.27. The number of hydrogen-bond acceptors (Lipinski definition) is 6. The van der Waals surface area contributed by atoms with E-state index in [-0.39, 0.29) is 12.5 Å². The maximum atomic E-state index is 12.6. The van der Waals surface area contributed by atoms with E-state index in [0.717, 1.165) is 5.56 Å². The fraction of sp³-hybridized carbons (Fsp3) is 0.400. The molecule has 0 bridgehead atoms. The summed E-state index contributed by atoms with van der Waals surface area (Å²) in [6, 6.07) is 5.40. The predicted molar refractivity (Wildman–Crippen MR) is 107 cm³/mol. The Bertz CT molecular complexity index is 835. The molecule has 0 saturated carbocycles. The van der Waals surface area contributed by atoms with Crippen molar-refractivity contribution in [3.63, 3.8) is 0 Å². The minimum atomic E-state index is -0.584. The molecule has 146 valence electrons. The van der Waals surface area contributed by atoms with Crippen LogP contribution in [0.4, 0.5) is 5.00 Å². The van der Waals surface area contributed by atoms with Crippen molar-refractivity contribution < 1.29 is 23.8 Å². The van der Waals surface area contributed by atoms with Crippen LogP contribution in [0.3, 0.4) is 0 Å². The lowest BCUT2D eigenvalue weighted by Crippen LogP contribution is -2.28. The first-order valence-electron chi connectivity index (χ1n) is 8.55. The van der Waals surface area contributed by atoms with E-state index in [9.17, 15) is 9.59 Å². The Morgan fingerprint density at radius 2 is 1.78 bits per heavy atom. The van der Waals surface area contributed by atoms with Gasteiger partial charge in [-0.25, -0.2) is 4.79 Å². The third-order valence-corrected chi connectivity index (χ3v) is 4.77. The zero-order valence-corrected chi connectivity index (χ0v) is 17.3. The molecule has 0 aliphatic heterocycles. The number of amides is 1. The summed E-state index contributed by atoms with van der Waals surface area (Å²) >= 11 is 1.29. The summed E-state index contributed by atoms with van der Waals surface area (Å²) < 4.78 is 15.8. The van der Waals surface area contributed by atoms with Crippen LogP contribution in [-0.2, 0) is 9.53 Å². The van der Waals surface area contributed by atoms with Crippen molar-refractivity contribution in [1.82, 2.24) is 0 Å². The van der Waals surface area contributed by atoms with Gasteiger partial charge in [-0.15, -0.1) is 11.3 Å². The van der Waals surface area contributed by atoms with Crippen molar-refractivity contribution in [2.75, 3.05) is 26.1 Å². The molecule has 27 heavy (non-hydrogen) atoms. The second-order valence-electron chi connectivity index (χ2n) is 6.85. The second-order valence-corrected chi connectivity index (χ2v) is 7.73. The van der Waals surface area contributed by atoms with Crippen LogP contribution in [0, 0.1) is 5.41 Å². The van der Waals surface area contributed by atoms with Crippen LogP contribution in [-0.4, -0.2) is 32.7 Å². The first-order chi connectivity index (χ1) is 12.7. The zero-order valence-electron chi connectivity index (χ0n) is 16.5. The van der Waals surface area contributed by atoms with Gasteiger partial charge in [0.25, 0.3) is 0 Å². The van der Waals surface area contributed by atoms with E-state index in [1.54, 1.807) is 33.3 Å². The third kappa shape index (κ3) is 4.60. The van der Waals surface area contributed by atoms with Gasteiger partial charge in [-0.3, -0.25) is 4.79 Å². The van der Waals surface area contributed by atoms with Crippen molar-refractivity contribution >= 4 is 28.2 Å². The smallest absolute Gasteiger partial charge is 0.341 e. The van der Waals surface area contributed by atoms with Crippen molar-refractivity contribution in [2.24, 2.45) is 5.41 Å². The lowest BCUT2D eigenvalue weighted by molar-refractivity contribution is -0.123. The van der Waals surface area contributed by atoms with Gasteiger partial charge in [-0.1, -0.05) is 26.8 Å². The van der Waals surface area contributed by atoms with Crippen LogP contribution in [0.5, 0.6) is 11.5 Å². The predicted octanol–water partition coefficient (Wildman–Crippen LogP) is 4.59. The molecule has 0 spiro atoms. The Morgan fingerprint density at radius 3 is 2.33 bits per heavy atom. The normalized spacial score (nSPS) is 11.0. The third-order valence-electron chi connectivity index (χ3n) is 3.87. The summed E-state index contributed by atoms with van der Waals surface area (Å²) in [6.45, 7) is 7.43. The number of anilines is 1. The lowest BCUT2D eigenvalue weighted by atomic mass is 9.95. The van der Waals surface area contributed by atoms with Gasteiger partial charge < -0.3 is 19.5 Å². The quantitative estimate of drug-likeness (QED) is 0.729. The molecule has 0 fully saturated rings. The second kappa shape index (κ2) is 8.43. The van der Waals surface area contributed by atoms with Gasteiger partial charge in [0.2, 0.25) is 5.91 Å². The highest BCUT2D eigenvalue weighted by molar-refractivity contribution is 7.15. The molecule has 0 aliphatic carbocycles. The van der Waals surface area contributed by atoms with Gasteiger partial charge in [-0.05, 0) is 24.6 Å². The van der Waals surface area contributed by atoms with Crippen LogP contribution in [0.1, 0.15) is 38.1 Å². The number of rotatable bonds is 6. The number of ether oxygens (including phenoxy) is 3. The van der Waals surface area contributed by atoms with Crippen molar-refractivity contribution in [1.29, 1.82) is 0 Å². The van der Waals surface area contributed by atoms with E-state index >= 15 is 0 Å². The minimum absolute atomic E-state index is 0.172. The zero-order chi connectivity index (χ0) is 20.2. The van der Waals surface area contributed by atoms with Crippen molar-refractivity contribution in [3.8, 4) is 22.6 Å². The Labute approximate surface area is 163 Å². The van der Waals surface area contributed by atoms with E-state index in [0.29, 0.717) is 27.6 Å². The molecule has 1 aromatic heterocycles. The van der Waals surface area contributed by atoms with Crippen LogP contribution in [0.15, 0.2) is 23.6 Å². The summed E-state index contributed by atoms with van der Waals surface area (Å²) in [4.78, 5) is 25.0. The number of esters is 1. The highest BCUT2D eigenvalue weighted by Crippen LogP contribution is 2.40. The summed E-state index contributed by atoms with van der Waals surface area (Å²) in [6.07, 6.45) is 0. The van der Waals surface area contributed by atoms with Gasteiger partial charge in [0.1, 0.15) is 10.6 Å². The minimum Gasteiger partial charge on any atom is -0.493 e. The van der Waals surface area contributed by atoms with Gasteiger partial charge in [0.15, 0.2) is 11.5 Å². The van der Waals surface area contributed by atoms with E-state index in [4.69, 9.17) is 14.2 Å². The monoisotopic (exact) mass is 391 g/mol. The van der Waals surface area contributed by atoms with Gasteiger partial charge in [-0.2, -0.15) is 0 Å².